The average molecular weight is 341 g/mol. The van der Waals surface area contributed by atoms with Gasteiger partial charge in [0.2, 0.25) is 0 Å². The highest BCUT2D eigenvalue weighted by Gasteiger charge is 2.46. The highest BCUT2D eigenvalue weighted by Crippen LogP contribution is 2.37. The number of halogens is 2. The molecule has 0 aromatic heterocycles. The monoisotopic (exact) mass is 340 g/mol. The SMILES string of the molecule is O=C1OC2(CCCCC2)OC(=O)C1=Cc1ccc(Cl)cc1Cl. The van der Waals surface area contributed by atoms with E-state index in [9.17, 15) is 9.59 Å². The van der Waals surface area contributed by atoms with Crippen molar-refractivity contribution in [2.75, 3.05) is 0 Å². The molecule has 0 radical (unpaired) electrons. The van der Waals surface area contributed by atoms with Gasteiger partial charge in [-0.1, -0.05) is 35.7 Å². The Morgan fingerprint density at radius 3 is 2.23 bits per heavy atom. The van der Waals surface area contributed by atoms with E-state index in [4.69, 9.17) is 32.7 Å². The molecule has 0 amide bonds. The minimum atomic E-state index is -1.08. The molecule has 22 heavy (non-hydrogen) atoms. The van der Waals surface area contributed by atoms with E-state index in [0.29, 0.717) is 28.5 Å². The molecule has 1 aromatic carbocycles. The fourth-order valence-corrected chi connectivity index (χ4v) is 3.20. The standard InChI is InChI=1S/C16H14Cl2O4/c17-11-5-4-10(13(18)9-11)8-12-14(19)21-16(22-15(12)20)6-2-1-3-7-16/h4-5,8-9H,1-3,6-7H2. The molecular weight excluding hydrogens is 327 g/mol. The van der Waals surface area contributed by atoms with Gasteiger partial charge in [-0.3, -0.25) is 0 Å². The van der Waals surface area contributed by atoms with Crippen molar-refractivity contribution >= 4 is 41.2 Å². The zero-order valence-electron chi connectivity index (χ0n) is 11.7. The van der Waals surface area contributed by atoms with E-state index >= 15 is 0 Å². The highest BCUT2D eigenvalue weighted by molar-refractivity contribution is 6.35. The zero-order valence-corrected chi connectivity index (χ0v) is 13.2. The first-order valence-electron chi connectivity index (χ1n) is 7.13. The van der Waals surface area contributed by atoms with Crippen molar-refractivity contribution in [3.05, 3.63) is 39.4 Å². The minimum Gasteiger partial charge on any atom is -0.419 e. The quantitative estimate of drug-likeness (QED) is 0.438. The van der Waals surface area contributed by atoms with E-state index in [1.807, 2.05) is 0 Å². The second kappa shape index (κ2) is 5.94. The maximum atomic E-state index is 12.2. The van der Waals surface area contributed by atoms with Crippen LogP contribution in [0.2, 0.25) is 10.0 Å². The first-order chi connectivity index (χ1) is 10.5. The number of rotatable bonds is 1. The van der Waals surface area contributed by atoms with Crippen LogP contribution in [0.25, 0.3) is 6.08 Å². The Morgan fingerprint density at radius 2 is 1.64 bits per heavy atom. The van der Waals surface area contributed by atoms with Crippen LogP contribution in [-0.4, -0.2) is 17.7 Å². The van der Waals surface area contributed by atoms with Gasteiger partial charge in [-0.2, -0.15) is 0 Å². The lowest BCUT2D eigenvalue weighted by Crippen LogP contribution is -2.47. The van der Waals surface area contributed by atoms with Crippen molar-refractivity contribution < 1.29 is 19.1 Å². The summed E-state index contributed by atoms with van der Waals surface area (Å²) in [5.74, 6) is -2.40. The van der Waals surface area contributed by atoms with E-state index in [-0.39, 0.29) is 5.57 Å². The Kier molecular flexibility index (Phi) is 4.15. The van der Waals surface area contributed by atoms with Gasteiger partial charge in [0.15, 0.2) is 0 Å². The smallest absolute Gasteiger partial charge is 0.348 e. The fourth-order valence-electron chi connectivity index (χ4n) is 2.74. The van der Waals surface area contributed by atoms with Crippen molar-refractivity contribution in [1.29, 1.82) is 0 Å². The summed E-state index contributed by atoms with van der Waals surface area (Å²) < 4.78 is 10.8. The van der Waals surface area contributed by atoms with E-state index < -0.39 is 17.7 Å². The van der Waals surface area contributed by atoms with Crippen LogP contribution >= 0.6 is 23.2 Å². The Hall–Kier alpha value is -1.52. The summed E-state index contributed by atoms with van der Waals surface area (Å²) in [5, 5.41) is 0.820. The van der Waals surface area contributed by atoms with Gasteiger partial charge in [-0.25, -0.2) is 9.59 Å². The number of carbonyl (C=O) groups excluding carboxylic acids is 2. The number of esters is 2. The highest BCUT2D eigenvalue weighted by atomic mass is 35.5. The maximum absolute atomic E-state index is 12.2. The number of hydrogen-bond donors (Lipinski definition) is 0. The molecule has 0 unspecified atom stereocenters. The number of ether oxygens (including phenoxy) is 2. The van der Waals surface area contributed by atoms with Crippen molar-refractivity contribution in [3.8, 4) is 0 Å². The normalized spacial score (nSPS) is 20.5. The van der Waals surface area contributed by atoms with E-state index in [2.05, 4.69) is 0 Å². The van der Waals surface area contributed by atoms with E-state index in [1.54, 1.807) is 12.1 Å². The molecule has 0 N–H and O–H groups in total. The second-order valence-electron chi connectivity index (χ2n) is 5.47. The van der Waals surface area contributed by atoms with Gasteiger partial charge in [0.1, 0.15) is 5.57 Å². The molecule has 0 atom stereocenters. The maximum Gasteiger partial charge on any atom is 0.348 e. The molecule has 1 saturated heterocycles. The third-order valence-corrected chi connectivity index (χ3v) is 4.44. The van der Waals surface area contributed by atoms with E-state index in [0.717, 1.165) is 19.3 Å². The molecule has 2 fully saturated rings. The van der Waals surface area contributed by atoms with Crippen LogP contribution in [0.4, 0.5) is 0 Å². The Labute approximate surface area is 138 Å². The van der Waals surface area contributed by atoms with Crippen LogP contribution in [0.15, 0.2) is 23.8 Å². The fraction of sp³-hybridized carbons (Fsp3) is 0.375. The van der Waals surface area contributed by atoms with Gasteiger partial charge < -0.3 is 9.47 Å². The lowest BCUT2D eigenvalue weighted by molar-refractivity contribution is -0.244. The molecule has 4 nitrogen and oxygen atoms in total. The van der Waals surface area contributed by atoms with Gasteiger partial charge in [-0.05, 0) is 36.6 Å². The molecular formula is C16H14Cl2O4. The Balaban J connectivity index is 1.88. The molecule has 0 bridgehead atoms. The van der Waals surface area contributed by atoms with Gasteiger partial charge >= 0.3 is 11.9 Å². The lowest BCUT2D eigenvalue weighted by atomic mass is 9.93. The summed E-state index contributed by atoms with van der Waals surface area (Å²) in [6, 6.07) is 4.79. The summed E-state index contributed by atoms with van der Waals surface area (Å²) in [7, 11) is 0. The van der Waals surface area contributed by atoms with E-state index in [1.165, 1.54) is 12.1 Å². The first kappa shape index (κ1) is 15.4. The third kappa shape index (κ3) is 2.99. The zero-order chi connectivity index (χ0) is 15.7. The largest absolute Gasteiger partial charge is 0.419 e. The molecule has 1 aliphatic heterocycles. The Bertz CT molecular complexity index is 638. The van der Waals surface area contributed by atoms with Crippen molar-refractivity contribution in [2.24, 2.45) is 0 Å². The topological polar surface area (TPSA) is 52.6 Å². The van der Waals surface area contributed by atoms with Crippen LogP contribution in [0, 0.1) is 0 Å². The summed E-state index contributed by atoms with van der Waals surface area (Å²) >= 11 is 11.9. The molecule has 2 aliphatic rings. The number of benzene rings is 1. The predicted octanol–water partition coefficient (Wildman–Crippen LogP) is 4.14. The van der Waals surface area contributed by atoms with Gasteiger partial charge in [0.25, 0.3) is 5.79 Å². The van der Waals surface area contributed by atoms with Crippen LogP contribution in [0.1, 0.15) is 37.7 Å². The second-order valence-corrected chi connectivity index (χ2v) is 6.32. The van der Waals surface area contributed by atoms with Gasteiger partial charge in [0.05, 0.1) is 0 Å². The van der Waals surface area contributed by atoms with Crippen LogP contribution in [0.3, 0.4) is 0 Å². The molecule has 1 heterocycles. The van der Waals surface area contributed by atoms with Crippen molar-refractivity contribution in [2.45, 2.75) is 37.9 Å². The number of carbonyl (C=O) groups is 2. The molecule has 1 aromatic rings. The minimum absolute atomic E-state index is 0.152. The van der Waals surface area contributed by atoms with Crippen molar-refractivity contribution in [1.82, 2.24) is 0 Å². The predicted molar refractivity (Wildman–Crippen MR) is 82.4 cm³/mol. The molecule has 116 valence electrons. The number of hydrogen-bond acceptors (Lipinski definition) is 4. The summed E-state index contributed by atoms with van der Waals surface area (Å²) in [6.07, 6.45) is 5.29. The third-order valence-electron chi connectivity index (χ3n) is 3.87. The van der Waals surface area contributed by atoms with Crippen molar-refractivity contribution in [3.63, 3.8) is 0 Å². The molecule has 1 aliphatic carbocycles. The molecule has 3 rings (SSSR count). The first-order valence-corrected chi connectivity index (χ1v) is 7.88. The van der Waals surface area contributed by atoms with Gasteiger partial charge in [-0.15, -0.1) is 0 Å². The molecule has 1 spiro atoms. The molecule has 6 heteroatoms. The van der Waals surface area contributed by atoms with Crippen LogP contribution in [0.5, 0.6) is 0 Å². The van der Waals surface area contributed by atoms with Crippen LogP contribution < -0.4 is 0 Å². The summed E-state index contributed by atoms with van der Waals surface area (Å²) in [4.78, 5) is 24.4. The summed E-state index contributed by atoms with van der Waals surface area (Å²) in [6.45, 7) is 0. The summed E-state index contributed by atoms with van der Waals surface area (Å²) in [5.41, 5.74) is 0.356. The van der Waals surface area contributed by atoms with Crippen LogP contribution in [-0.2, 0) is 19.1 Å². The average Bonchev–Trinajstić information content (AvgIpc) is 2.45. The lowest BCUT2D eigenvalue weighted by Gasteiger charge is -2.38. The molecule has 1 saturated carbocycles. The van der Waals surface area contributed by atoms with Gasteiger partial charge in [0, 0.05) is 22.9 Å². The Morgan fingerprint density at radius 1 is 1.00 bits per heavy atom.